The molecule has 3 saturated heterocycles. The van der Waals surface area contributed by atoms with Crippen molar-refractivity contribution in [2.24, 2.45) is 11.8 Å². The van der Waals surface area contributed by atoms with Crippen LogP contribution >= 0.6 is 0 Å². The SMILES string of the molecule is C.CC(C)(C)c1ccc(N2CC3CN(CCC(=O)N4CCC(Nc5ccnc(C(F)(F)F)c5)CC4)CC3C2)cc1. The van der Waals surface area contributed by atoms with Crippen LogP contribution in [-0.2, 0) is 16.4 Å². The monoisotopic (exact) mass is 559 g/mol. The first-order valence-corrected chi connectivity index (χ1v) is 14.1. The summed E-state index contributed by atoms with van der Waals surface area (Å²) < 4.78 is 38.8. The molecule has 5 rings (SSSR count). The highest BCUT2D eigenvalue weighted by atomic mass is 19.4. The van der Waals surface area contributed by atoms with E-state index < -0.39 is 11.9 Å². The third-order valence-electron chi connectivity index (χ3n) is 8.57. The molecule has 2 unspecified atom stereocenters. The van der Waals surface area contributed by atoms with E-state index in [1.165, 1.54) is 17.4 Å². The predicted octanol–water partition coefficient (Wildman–Crippen LogP) is 5.90. The molecule has 2 aromatic rings. The number of alkyl halides is 3. The lowest BCUT2D eigenvalue weighted by atomic mass is 9.87. The molecule has 9 heteroatoms. The third-order valence-corrected chi connectivity index (χ3v) is 8.57. The van der Waals surface area contributed by atoms with Gasteiger partial charge in [0, 0.05) is 75.8 Å². The van der Waals surface area contributed by atoms with E-state index in [2.05, 4.69) is 65.1 Å². The van der Waals surface area contributed by atoms with E-state index in [4.69, 9.17) is 0 Å². The second-order valence-corrected chi connectivity index (χ2v) is 12.5. The van der Waals surface area contributed by atoms with Crippen molar-refractivity contribution < 1.29 is 18.0 Å². The summed E-state index contributed by atoms with van der Waals surface area (Å²) in [6, 6.07) is 11.7. The Morgan fingerprint density at radius 2 is 1.60 bits per heavy atom. The number of carbonyl (C=O) groups excluding carboxylic acids is 1. The van der Waals surface area contributed by atoms with Crippen LogP contribution in [-0.4, -0.2) is 72.5 Å². The van der Waals surface area contributed by atoms with Gasteiger partial charge >= 0.3 is 6.18 Å². The summed E-state index contributed by atoms with van der Waals surface area (Å²) in [5.74, 6) is 1.47. The van der Waals surface area contributed by atoms with Crippen molar-refractivity contribution in [1.82, 2.24) is 14.8 Å². The maximum Gasteiger partial charge on any atom is 0.433 e. The molecule has 220 valence electrons. The van der Waals surface area contributed by atoms with Crippen molar-refractivity contribution in [3.63, 3.8) is 0 Å². The van der Waals surface area contributed by atoms with Gasteiger partial charge in [0.05, 0.1) is 0 Å². The summed E-state index contributed by atoms with van der Waals surface area (Å²) >= 11 is 0. The van der Waals surface area contributed by atoms with E-state index in [1.807, 2.05) is 4.90 Å². The van der Waals surface area contributed by atoms with Crippen LogP contribution in [0.3, 0.4) is 0 Å². The Labute approximate surface area is 236 Å². The molecule has 0 radical (unpaired) electrons. The van der Waals surface area contributed by atoms with E-state index in [9.17, 15) is 18.0 Å². The number of nitrogens with one attached hydrogen (secondary N) is 1. The van der Waals surface area contributed by atoms with Gasteiger partial charge in [0.15, 0.2) is 0 Å². The Morgan fingerprint density at radius 3 is 2.17 bits per heavy atom. The van der Waals surface area contributed by atoms with Crippen LogP contribution in [0, 0.1) is 11.8 Å². The molecule has 3 aliphatic heterocycles. The molecule has 1 N–H and O–H groups in total. The molecule has 1 aromatic heterocycles. The molecule has 40 heavy (non-hydrogen) atoms. The first-order valence-electron chi connectivity index (χ1n) is 14.1. The number of aromatic nitrogens is 1. The second-order valence-electron chi connectivity index (χ2n) is 12.5. The molecule has 0 spiro atoms. The van der Waals surface area contributed by atoms with Crippen molar-refractivity contribution in [1.29, 1.82) is 0 Å². The molecular weight excluding hydrogens is 515 g/mol. The molecule has 4 heterocycles. The van der Waals surface area contributed by atoms with Crippen molar-refractivity contribution in [2.45, 2.75) is 65.1 Å². The lowest BCUT2D eigenvalue weighted by Gasteiger charge is -2.33. The van der Waals surface area contributed by atoms with Crippen LogP contribution in [0.5, 0.6) is 0 Å². The minimum absolute atomic E-state index is 0. The largest absolute Gasteiger partial charge is 0.433 e. The lowest BCUT2D eigenvalue weighted by molar-refractivity contribution is -0.141. The molecule has 3 fully saturated rings. The number of hydrogen-bond acceptors (Lipinski definition) is 5. The Kier molecular flexibility index (Phi) is 9.02. The number of likely N-dealkylation sites (tertiary alicyclic amines) is 2. The van der Waals surface area contributed by atoms with Crippen LogP contribution in [0.4, 0.5) is 24.5 Å². The number of carbonyl (C=O) groups is 1. The van der Waals surface area contributed by atoms with E-state index in [0.717, 1.165) is 51.6 Å². The van der Waals surface area contributed by atoms with Crippen molar-refractivity contribution in [3.8, 4) is 0 Å². The highest BCUT2D eigenvalue weighted by Gasteiger charge is 2.40. The highest BCUT2D eigenvalue weighted by molar-refractivity contribution is 5.76. The number of anilines is 2. The van der Waals surface area contributed by atoms with E-state index in [0.29, 0.717) is 37.0 Å². The van der Waals surface area contributed by atoms with E-state index in [1.54, 1.807) is 6.07 Å². The fraction of sp³-hybridized carbons (Fsp3) is 0.613. The first kappa shape index (κ1) is 30.2. The third kappa shape index (κ3) is 7.09. The molecule has 6 nitrogen and oxygen atoms in total. The summed E-state index contributed by atoms with van der Waals surface area (Å²) in [6.07, 6.45) is -1.32. The van der Waals surface area contributed by atoms with Gasteiger partial charge in [-0.1, -0.05) is 40.3 Å². The molecular formula is C31H44F3N5O. The molecule has 3 aliphatic rings. The molecule has 0 aliphatic carbocycles. The number of benzene rings is 1. The summed E-state index contributed by atoms with van der Waals surface area (Å²) in [6.45, 7) is 13.0. The Hall–Kier alpha value is -2.81. The number of halogens is 3. The van der Waals surface area contributed by atoms with Crippen LogP contribution < -0.4 is 10.2 Å². The normalized spacial score (nSPS) is 22.2. The average molecular weight is 560 g/mol. The lowest BCUT2D eigenvalue weighted by Crippen LogP contribution is -2.43. The number of rotatable bonds is 6. The fourth-order valence-corrected chi connectivity index (χ4v) is 6.25. The van der Waals surface area contributed by atoms with Gasteiger partial charge in [-0.05, 0) is 59.9 Å². The number of nitrogens with zero attached hydrogens (tertiary/aromatic N) is 4. The average Bonchev–Trinajstić information content (AvgIpc) is 3.46. The summed E-state index contributed by atoms with van der Waals surface area (Å²) in [4.78, 5) is 23.2. The Bertz CT molecular complexity index is 1120. The van der Waals surface area contributed by atoms with Crippen LogP contribution in [0.15, 0.2) is 42.6 Å². The van der Waals surface area contributed by atoms with E-state index >= 15 is 0 Å². The zero-order valence-corrected chi connectivity index (χ0v) is 23.2. The van der Waals surface area contributed by atoms with Gasteiger partial charge in [-0.2, -0.15) is 13.2 Å². The van der Waals surface area contributed by atoms with Gasteiger partial charge in [0.1, 0.15) is 5.69 Å². The number of amides is 1. The van der Waals surface area contributed by atoms with Gasteiger partial charge in [-0.25, -0.2) is 0 Å². The zero-order valence-electron chi connectivity index (χ0n) is 23.2. The fourth-order valence-electron chi connectivity index (χ4n) is 6.25. The number of pyridine rings is 1. The van der Waals surface area contributed by atoms with Gasteiger partial charge in [0.25, 0.3) is 0 Å². The van der Waals surface area contributed by atoms with Crippen LogP contribution in [0.2, 0.25) is 0 Å². The summed E-state index contributed by atoms with van der Waals surface area (Å²) in [5, 5.41) is 3.19. The first-order chi connectivity index (χ1) is 18.5. The smallest absolute Gasteiger partial charge is 0.382 e. The second kappa shape index (κ2) is 12.0. The Morgan fingerprint density at radius 1 is 0.975 bits per heavy atom. The van der Waals surface area contributed by atoms with E-state index in [-0.39, 0.29) is 24.8 Å². The van der Waals surface area contributed by atoms with Gasteiger partial charge in [-0.15, -0.1) is 0 Å². The van der Waals surface area contributed by atoms with Gasteiger partial charge in [0.2, 0.25) is 5.91 Å². The highest BCUT2D eigenvalue weighted by Crippen LogP contribution is 2.35. The van der Waals surface area contributed by atoms with Gasteiger partial charge < -0.3 is 20.0 Å². The number of piperidine rings is 1. The summed E-state index contributed by atoms with van der Waals surface area (Å²) in [7, 11) is 0. The van der Waals surface area contributed by atoms with Crippen molar-refractivity contribution >= 4 is 17.3 Å². The topological polar surface area (TPSA) is 51.7 Å². The van der Waals surface area contributed by atoms with Crippen LogP contribution in [0.25, 0.3) is 0 Å². The minimum atomic E-state index is -4.46. The standard InChI is InChI=1S/C30H40F3N5O.CH4/c1-29(2,3)23-4-6-26(7-5-23)38-19-21-17-36(18-22(21)20-38)13-11-28(39)37-14-9-24(10-15-37)35-25-8-12-34-27(16-25)30(31,32)33;/h4-8,12,16,21-22,24H,9-11,13-15,17-20H2,1-3H3,(H,34,35);1H4. The number of hydrogen-bond donors (Lipinski definition) is 1. The molecule has 1 amide bonds. The van der Waals surface area contributed by atoms with Gasteiger partial charge in [-0.3, -0.25) is 9.78 Å². The Balaban J connectivity index is 0.00000370. The van der Waals surface area contributed by atoms with Crippen molar-refractivity contribution in [2.75, 3.05) is 56.0 Å². The van der Waals surface area contributed by atoms with Crippen LogP contribution in [0.1, 0.15) is 58.7 Å². The quantitative estimate of drug-likeness (QED) is 0.478. The maximum absolute atomic E-state index is 12.9. The molecule has 0 saturated carbocycles. The zero-order chi connectivity index (χ0) is 27.8. The molecule has 0 bridgehead atoms. The maximum atomic E-state index is 12.9. The van der Waals surface area contributed by atoms with Crippen molar-refractivity contribution in [3.05, 3.63) is 53.9 Å². The molecule has 2 atom stereocenters. The number of fused-ring (bicyclic) bond motifs is 1. The summed E-state index contributed by atoms with van der Waals surface area (Å²) in [5.41, 5.74) is 2.35. The predicted molar refractivity (Wildman–Crippen MR) is 155 cm³/mol. The minimum Gasteiger partial charge on any atom is -0.382 e. The molecule has 1 aromatic carbocycles.